The van der Waals surface area contributed by atoms with Gasteiger partial charge in [-0.25, -0.2) is 0 Å². The summed E-state index contributed by atoms with van der Waals surface area (Å²) in [4.78, 5) is 0. The van der Waals surface area contributed by atoms with Crippen molar-refractivity contribution in [3.05, 3.63) is 24.0 Å². The fraction of sp³-hybridized carbons (Fsp3) is 0.789. The number of rotatable bonds is 4. The second kappa shape index (κ2) is 5.97. The van der Waals surface area contributed by atoms with E-state index in [1.165, 1.54) is 0 Å². The number of halogens is 3. The fourth-order valence-corrected chi connectivity index (χ4v) is 5.51. The minimum atomic E-state index is -4.55. The maximum atomic E-state index is 13.8. The summed E-state index contributed by atoms with van der Waals surface area (Å²) in [6.07, 6.45) is -0.789. The van der Waals surface area contributed by atoms with Crippen LogP contribution in [-0.2, 0) is 14.2 Å². The van der Waals surface area contributed by atoms with Gasteiger partial charge in [0.1, 0.15) is 5.60 Å². The number of hydrogen-bond acceptors (Lipinski definition) is 4. The van der Waals surface area contributed by atoms with Gasteiger partial charge in [-0.3, -0.25) is 0 Å². The normalized spacial score (nSPS) is 44.5. The lowest BCUT2D eigenvalue weighted by molar-refractivity contribution is -0.249. The zero-order valence-electron chi connectivity index (χ0n) is 15.2. The monoisotopic (exact) mass is 373 g/mol. The van der Waals surface area contributed by atoms with E-state index in [1.54, 1.807) is 6.08 Å². The summed E-state index contributed by atoms with van der Waals surface area (Å²) in [5, 5.41) is 3.03. The number of hydrogen-bond donors (Lipinski definition) is 1. The third-order valence-electron chi connectivity index (χ3n) is 6.55. The minimum Gasteiger partial charge on any atom is -0.456 e. The lowest BCUT2D eigenvalue weighted by Crippen LogP contribution is -2.63. The van der Waals surface area contributed by atoms with Gasteiger partial charge >= 0.3 is 6.18 Å². The Kier molecular flexibility index (Phi) is 4.21. The third-order valence-corrected chi connectivity index (χ3v) is 6.55. The van der Waals surface area contributed by atoms with E-state index in [0.29, 0.717) is 25.3 Å². The van der Waals surface area contributed by atoms with E-state index in [2.05, 4.69) is 18.8 Å². The molecule has 3 fully saturated rings. The predicted octanol–water partition coefficient (Wildman–Crippen LogP) is 3.89. The van der Waals surface area contributed by atoms with Crippen molar-refractivity contribution in [2.24, 2.45) is 17.8 Å². The standard InChI is InChI=1S/C19H26F3NO3/c1-4-9-23-10-12-14-6-5-11(2)13-7-8-17(3)25-16(18(13,14)26-17)24-15(12)19(20,21)22/h4,11,13-14,16,23H,1,5-10H2,2-3H3/t11-,13?,14+,16-,17?,18-/m1/s1. The van der Waals surface area contributed by atoms with Gasteiger partial charge in [0.25, 0.3) is 0 Å². The van der Waals surface area contributed by atoms with Gasteiger partial charge in [-0.2, -0.15) is 13.2 Å². The maximum Gasteiger partial charge on any atom is 0.449 e. The minimum absolute atomic E-state index is 0.112. The molecule has 3 aliphatic heterocycles. The van der Waals surface area contributed by atoms with Crippen LogP contribution in [0.15, 0.2) is 24.0 Å². The Morgan fingerprint density at radius 3 is 2.77 bits per heavy atom. The van der Waals surface area contributed by atoms with Crippen LogP contribution in [0.4, 0.5) is 13.2 Å². The zero-order valence-corrected chi connectivity index (χ0v) is 15.2. The molecule has 26 heavy (non-hydrogen) atoms. The SMILES string of the molecule is C=CCNCC1=C(C(F)(F)F)O[C@@H]2OC3(C)CCC4[C@H](C)CC[C@@H]1[C@]42O3. The molecule has 1 aliphatic carbocycles. The smallest absolute Gasteiger partial charge is 0.449 e. The molecule has 2 unspecified atom stereocenters. The Hall–Kier alpha value is -1.05. The van der Waals surface area contributed by atoms with E-state index >= 15 is 0 Å². The Bertz CT molecular complexity index is 634. The first-order valence-corrected chi connectivity index (χ1v) is 9.38. The summed E-state index contributed by atoms with van der Waals surface area (Å²) in [7, 11) is 0. The van der Waals surface area contributed by atoms with Gasteiger partial charge in [-0.05, 0) is 43.6 Å². The largest absolute Gasteiger partial charge is 0.456 e. The lowest BCUT2D eigenvalue weighted by Gasteiger charge is -2.55. The molecule has 0 aromatic rings. The summed E-state index contributed by atoms with van der Waals surface area (Å²) < 4.78 is 59.2. The first kappa shape index (κ1) is 18.3. The summed E-state index contributed by atoms with van der Waals surface area (Å²) in [6, 6.07) is 0. The third kappa shape index (κ3) is 2.54. The summed E-state index contributed by atoms with van der Waals surface area (Å²) in [6.45, 7) is 8.15. The molecular weight excluding hydrogens is 347 g/mol. The van der Waals surface area contributed by atoms with Crippen LogP contribution in [0, 0.1) is 17.8 Å². The van der Waals surface area contributed by atoms with Crippen LogP contribution < -0.4 is 5.32 Å². The second-order valence-electron chi connectivity index (χ2n) is 8.18. The molecule has 7 heteroatoms. The van der Waals surface area contributed by atoms with Gasteiger partial charge in [-0.1, -0.05) is 13.0 Å². The Morgan fingerprint density at radius 2 is 2.08 bits per heavy atom. The lowest BCUT2D eigenvalue weighted by atomic mass is 9.58. The molecule has 146 valence electrons. The van der Waals surface area contributed by atoms with Crippen LogP contribution in [0.2, 0.25) is 0 Å². The molecule has 4 nitrogen and oxygen atoms in total. The molecule has 0 aromatic heterocycles. The van der Waals surface area contributed by atoms with Crippen LogP contribution in [0.3, 0.4) is 0 Å². The highest BCUT2D eigenvalue weighted by Gasteiger charge is 2.72. The van der Waals surface area contributed by atoms with E-state index < -0.39 is 29.6 Å². The molecule has 1 spiro atoms. The van der Waals surface area contributed by atoms with Crippen molar-refractivity contribution in [3.8, 4) is 0 Å². The van der Waals surface area contributed by atoms with Crippen LogP contribution in [0.1, 0.15) is 39.5 Å². The van der Waals surface area contributed by atoms with Crippen LogP contribution in [-0.4, -0.2) is 36.9 Å². The average molecular weight is 373 g/mol. The van der Waals surface area contributed by atoms with Crippen molar-refractivity contribution in [2.75, 3.05) is 13.1 Å². The van der Waals surface area contributed by atoms with Crippen LogP contribution in [0.5, 0.6) is 0 Å². The van der Waals surface area contributed by atoms with Gasteiger partial charge in [0.15, 0.2) is 5.79 Å². The zero-order chi connectivity index (χ0) is 18.7. The van der Waals surface area contributed by atoms with Gasteiger partial charge in [0.2, 0.25) is 12.0 Å². The van der Waals surface area contributed by atoms with E-state index in [9.17, 15) is 13.2 Å². The second-order valence-corrected chi connectivity index (χ2v) is 8.18. The summed E-state index contributed by atoms with van der Waals surface area (Å²) >= 11 is 0. The summed E-state index contributed by atoms with van der Waals surface area (Å²) in [5.74, 6) is -1.59. The van der Waals surface area contributed by atoms with E-state index in [4.69, 9.17) is 14.2 Å². The molecule has 3 heterocycles. The first-order valence-electron chi connectivity index (χ1n) is 9.38. The Labute approximate surface area is 151 Å². The topological polar surface area (TPSA) is 39.7 Å². The molecule has 0 radical (unpaired) electrons. The maximum absolute atomic E-state index is 13.8. The molecule has 2 bridgehead atoms. The molecule has 4 rings (SSSR count). The van der Waals surface area contributed by atoms with Crippen molar-refractivity contribution in [3.63, 3.8) is 0 Å². The molecule has 0 amide bonds. The highest BCUT2D eigenvalue weighted by Crippen LogP contribution is 2.63. The number of nitrogens with one attached hydrogen (secondary N) is 1. The van der Waals surface area contributed by atoms with Crippen LogP contribution in [0.25, 0.3) is 0 Å². The molecule has 4 aliphatic rings. The van der Waals surface area contributed by atoms with Crippen molar-refractivity contribution < 1.29 is 27.4 Å². The highest BCUT2D eigenvalue weighted by atomic mass is 19.4. The quantitative estimate of drug-likeness (QED) is 0.599. The average Bonchev–Trinajstić information content (AvgIpc) is 2.78. The number of alkyl halides is 3. The van der Waals surface area contributed by atoms with Crippen molar-refractivity contribution >= 4 is 0 Å². The molecule has 2 saturated heterocycles. The number of allylic oxidation sites excluding steroid dienone is 1. The van der Waals surface area contributed by atoms with Gasteiger partial charge in [0.05, 0.1) is 0 Å². The molecule has 1 saturated carbocycles. The Morgan fingerprint density at radius 1 is 1.31 bits per heavy atom. The number of ether oxygens (including phenoxy) is 3. The summed E-state index contributed by atoms with van der Waals surface area (Å²) in [5.41, 5.74) is -0.549. The van der Waals surface area contributed by atoms with E-state index in [0.717, 1.165) is 12.8 Å². The molecular formula is C19H26F3NO3. The van der Waals surface area contributed by atoms with Crippen molar-refractivity contribution in [2.45, 2.75) is 63.4 Å². The van der Waals surface area contributed by atoms with Crippen molar-refractivity contribution in [1.29, 1.82) is 0 Å². The highest BCUT2D eigenvalue weighted by molar-refractivity contribution is 5.30. The van der Waals surface area contributed by atoms with Gasteiger partial charge < -0.3 is 19.5 Å². The predicted molar refractivity (Wildman–Crippen MR) is 88.9 cm³/mol. The van der Waals surface area contributed by atoms with Gasteiger partial charge in [-0.15, -0.1) is 6.58 Å². The molecule has 1 N–H and O–H groups in total. The Balaban J connectivity index is 1.80. The van der Waals surface area contributed by atoms with E-state index in [1.807, 2.05) is 6.92 Å². The number of fused-ring (bicyclic) bond motifs is 1. The van der Waals surface area contributed by atoms with Crippen molar-refractivity contribution in [1.82, 2.24) is 5.32 Å². The van der Waals surface area contributed by atoms with Crippen LogP contribution >= 0.6 is 0 Å². The molecule has 6 atom stereocenters. The fourth-order valence-electron chi connectivity index (χ4n) is 5.51. The van der Waals surface area contributed by atoms with Gasteiger partial charge in [0, 0.05) is 25.4 Å². The molecule has 0 aromatic carbocycles. The van der Waals surface area contributed by atoms with E-state index in [-0.39, 0.29) is 24.0 Å². The first-order chi connectivity index (χ1) is 12.2.